The van der Waals surface area contributed by atoms with Crippen LogP contribution in [0.4, 0.5) is 10.1 Å². The van der Waals surface area contributed by atoms with E-state index < -0.39 is 26.3 Å². The SMILES string of the molecule is COc1ncc(-c2ccc3ncc(Cl)c(=O)n3c2)cc1NS(=O)(=O)c1ccccc1F. The molecule has 0 amide bonds. The lowest BCUT2D eigenvalue weighted by Gasteiger charge is -2.13. The van der Waals surface area contributed by atoms with Crippen molar-refractivity contribution < 1.29 is 17.5 Å². The molecule has 11 heteroatoms. The Labute approximate surface area is 181 Å². The third kappa shape index (κ3) is 3.94. The van der Waals surface area contributed by atoms with Crippen LogP contribution in [0.2, 0.25) is 5.02 Å². The normalized spacial score (nSPS) is 11.5. The fourth-order valence-electron chi connectivity index (χ4n) is 2.93. The van der Waals surface area contributed by atoms with Gasteiger partial charge in [0, 0.05) is 23.5 Å². The van der Waals surface area contributed by atoms with E-state index in [0.717, 1.165) is 12.1 Å². The number of benzene rings is 1. The molecule has 0 fully saturated rings. The molecule has 0 aliphatic carbocycles. The van der Waals surface area contributed by atoms with E-state index in [1.807, 2.05) is 0 Å². The van der Waals surface area contributed by atoms with Crippen LogP contribution in [0.25, 0.3) is 16.8 Å². The van der Waals surface area contributed by atoms with Crippen molar-refractivity contribution in [3.63, 3.8) is 0 Å². The van der Waals surface area contributed by atoms with Gasteiger partial charge in [0.05, 0.1) is 13.3 Å². The standard InChI is InChI=1S/C20H14ClFN4O4S/c1-30-19-16(25-31(28,29)17-5-3-2-4-15(17)22)8-13(9-24-19)12-6-7-18-23-10-14(21)20(27)26(18)11-12/h2-11,25H,1H3. The van der Waals surface area contributed by atoms with Gasteiger partial charge in [-0.2, -0.15) is 0 Å². The average molecular weight is 461 g/mol. The molecular weight excluding hydrogens is 447 g/mol. The van der Waals surface area contributed by atoms with Gasteiger partial charge in [0.25, 0.3) is 15.6 Å². The minimum Gasteiger partial charge on any atom is -0.480 e. The summed E-state index contributed by atoms with van der Waals surface area (Å²) in [6, 6.07) is 9.76. The van der Waals surface area contributed by atoms with Crippen molar-refractivity contribution in [3.05, 3.63) is 82.2 Å². The molecule has 0 unspecified atom stereocenters. The summed E-state index contributed by atoms with van der Waals surface area (Å²) in [7, 11) is -2.92. The summed E-state index contributed by atoms with van der Waals surface area (Å²) in [4.78, 5) is 20.0. The number of nitrogens with zero attached hydrogens (tertiary/aromatic N) is 3. The molecule has 0 aliphatic heterocycles. The highest BCUT2D eigenvalue weighted by atomic mass is 35.5. The Hall–Kier alpha value is -3.50. The minimum absolute atomic E-state index is 0.0000778. The van der Waals surface area contributed by atoms with E-state index in [-0.39, 0.29) is 16.6 Å². The number of fused-ring (bicyclic) bond motifs is 1. The lowest BCUT2D eigenvalue weighted by Crippen LogP contribution is -2.16. The maximum Gasteiger partial charge on any atom is 0.276 e. The molecule has 0 aliphatic rings. The van der Waals surface area contributed by atoms with Gasteiger partial charge in [-0.25, -0.2) is 22.8 Å². The maximum absolute atomic E-state index is 14.0. The number of sulfonamides is 1. The van der Waals surface area contributed by atoms with Crippen molar-refractivity contribution in [1.29, 1.82) is 0 Å². The Morgan fingerprint density at radius 2 is 1.87 bits per heavy atom. The molecule has 3 aromatic heterocycles. The molecule has 3 heterocycles. The van der Waals surface area contributed by atoms with Crippen LogP contribution in [0.5, 0.6) is 5.88 Å². The molecule has 8 nitrogen and oxygen atoms in total. The van der Waals surface area contributed by atoms with E-state index in [9.17, 15) is 17.6 Å². The first-order chi connectivity index (χ1) is 14.8. The minimum atomic E-state index is -4.25. The molecule has 1 aromatic carbocycles. The van der Waals surface area contributed by atoms with Crippen LogP contribution in [-0.2, 0) is 10.0 Å². The molecule has 4 aromatic rings. The number of nitrogens with one attached hydrogen (secondary N) is 1. The van der Waals surface area contributed by atoms with Crippen LogP contribution in [0, 0.1) is 5.82 Å². The quantitative estimate of drug-likeness (QED) is 0.490. The lowest BCUT2D eigenvalue weighted by molar-refractivity contribution is 0.400. The van der Waals surface area contributed by atoms with E-state index in [1.165, 1.54) is 48.3 Å². The molecule has 0 atom stereocenters. The second-order valence-electron chi connectivity index (χ2n) is 6.37. The monoisotopic (exact) mass is 460 g/mol. The molecular formula is C20H14ClFN4O4S. The van der Waals surface area contributed by atoms with Gasteiger partial charge in [-0.1, -0.05) is 23.7 Å². The zero-order chi connectivity index (χ0) is 22.2. The van der Waals surface area contributed by atoms with Crippen LogP contribution >= 0.6 is 11.6 Å². The summed E-state index contributed by atoms with van der Waals surface area (Å²) >= 11 is 5.86. The average Bonchev–Trinajstić information content (AvgIpc) is 2.76. The van der Waals surface area contributed by atoms with Crippen molar-refractivity contribution in [1.82, 2.24) is 14.4 Å². The van der Waals surface area contributed by atoms with Crippen LogP contribution < -0.4 is 15.0 Å². The summed E-state index contributed by atoms with van der Waals surface area (Å²) in [5, 5.41) is -0.0409. The van der Waals surface area contributed by atoms with Gasteiger partial charge in [0.1, 0.15) is 27.1 Å². The highest BCUT2D eigenvalue weighted by Crippen LogP contribution is 2.30. The van der Waals surface area contributed by atoms with E-state index in [4.69, 9.17) is 16.3 Å². The Morgan fingerprint density at radius 3 is 2.61 bits per heavy atom. The zero-order valence-corrected chi connectivity index (χ0v) is 17.5. The molecule has 0 saturated heterocycles. The van der Waals surface area contributed by atoms with E-state index in [0.29, 0.717) is 16.8 Å². The molecule has 0 bridgehead atoms. The Kier molecular flexibility index (Phi) is 5.34. The lowest BCUT2D eigenvalue weighted by atomic mass is 10.1. The number of aromatic nitrogens is 3. The van der Waals surface area contributed by atoms with Crippen LogP contribution in [0.15, 0.2) is 70.7 Å². The number of ether oxygens (including phenoxy) is 1. The number of methoxy groups -OCH3 is 1. The Balaban J connectivity index is 1.80. The number of halogens is 2. The van der Waals surface area contributed by atoms with Gasteiger partial charge in [0.2, 0.25) is 5.88 Å². The van der Waals surface area contributed by atoms with Crippen molar-refractivity contribution in [2.45, 2.75) is 4.90 Å². The Morgan fingerprint density at radius 1 is 1.10 bits per heavy atom. The second kappa shape index (κ2) is 7.97. The van der Waals surface area contributed by atoms with Crippen molar-refractivity contribution in [3.8, 4) is 17.0 Å². The van der Waals surface area contributed by atoms with Gasteiger partial charge in [-0.3, -0.25) is 13.9 Å². The number of anilines is 1. The highest BCUT2D eigenvalue weighted by Gasteiger charge is 2.21. The first kappa shape index (κ1) is 20.8. The van der Waals surface area contributed by atoms with Crippen molar-refractivity contribution >= 4 is 33.0 Å². The zero-order valence-electron chi connectivity index (χ0n) is 15.9. The van der Waals surface area contributed by atoms with Gasteiger partial charge >= 0.3 is 0 Å². The third-order valence-electron chi connectivity index (χ3n) is 4.41. The van der Waals surface area contributed by atoms with Crippen LogP contribution in [0.3, 0.4) is 0 Å². The number of hydrogen-bond acceptors (Lipinski definition) is 6. The third-order valence-corrected chi connectivity index (χ3v) is 6.07. The number of pyridine rings is 2. The van der Waals surface area contributed by atoms with E-state index in [1.54, 1.807) is 12.1 Å². The molecule has 4 rings (SSSR count). The Bertz CT molecular complexity index is 1470. The van der Waals surface area contributed by atoms with Gasteiger partial charge in [0.15, 0.2) is 0 Å². The predicted molar refractivity (Wildman–Crippen MR) is 113 cm³/mol. The molecule has 0 saturated carbocycles. The molecule has 0 spiro atoms. The topological polar surface area (TPSA) is 103 Å². The van der Waals surface area contributed by atoms with Gasteiger partial charge < -0.3 is 4.74 Å². The summed E-state index contributed by atoms with van der Waals surface area (Å²) in [5.41, 5.74) is 0.955. The van der Waals surface area contributed by atoms with Gasteiger partial charge in [-0.15, -0.1) is 0 Å². The maximum atomic E-state index is 14.0. The molecule has 0 radical (unpaired) electrons. The number of hydrogen-bond donors (Lipinski definition) is 1. The largest absolute Gasteiger partial charge is 0.480 e. The van der Waals surface area contributed by atoms with Gasteiger partial charge in [-0.05, 0) is 30.3 Å². The van der Waals surface area contributed by atoms with E-state index in [2.05, 4.69) is 14.7 Å². The summed E-state index contributed by atoms with van der Waals surface area (Å²) in [6.45, 7) is 0. The summed E-state index contributed by atoms with van der Waals surface area (Å²) in [5.74, 6) is -0.900. The van der Waals surface area contributed by atoms with Crippen molar-refractivity contribution in [2.75, 3.05) is 11.8 Å². The second-order valence-corrected chi connectivity index (χ2v) is 8.43. The fraction of sp³-hybridized carbons (Fsp3) is 0.0500. The fourth-order valence-corrected chi connectivity index (χ4v) is 4.20. The van der Waals surface area contributed by atoms with E-state index >= 15 is 0 Å². The summed E-state index contributed by atoms with van der Waals surface area (Å²) < 4.78 is 48.1. The molecule has 31 heavy (non-hydrogen) atoms. The van der Waals surface area contributed by atoms with Crippen LogP contribution in [0.1, 0.15) is 0 Å². The number of rotatable bonds is 5. The molecule has 158 valence electrons. The highest BCUT2D eigenvalue weighted by molar-refractivity contribution is 7.92. The first-order valence-electron chi connectivity index (χ1n) is 8.79. The first-order valence-corrected chi connectivity index (χ1v) is 10.6. The van der Waals surface area contributed by atoms with Crippen molar-refractivity contribution in [2.24, 2.45) is 0 Å². The smallest absolute Gasteiger partial charge is 0.276 e. The predicted octanol–water partition coefficient (Wildman–Crippen LogP) is 3.36. The van der Waals surface area contributed by atoms with Crippen LogP contribution in [-0.4, -0.2) is 29.9 Å². The molecule has 1 N–H and O–H groups in total. The summed E-state index contributed by atoms with van der Waals surface area (Å²) in [6.07, 6.45) is 4.22.